The lowest BCUT2D eigenvalue weighted by Gasteiger charge is -2.13. The van der Waals surface area contributed by atoms with Crippen LogP contribution in [-0.2, 0) is 13.5 Å². The molecule has 1 amide bonds. The summed E-state index contributed by atoms with van der Waals surface area (Å²) in [5.74, 6) is 6.55. The molecular weight excluding hydrogens is 518 g/mol. The zero-order valence-corrected chi connectivity index (χ0v) is 22.7. The Morgan fingerprint density at radius 1 is 0.976 bits per heavy atom. The van der Waals surface area contributed by atoms with E-state index in [0.717, 1.165) is 22.8 Å². The van der Waals surface area contributed by atoms with Crippen LogP contribution in [0.1, 0.15) is 39.9 Å². The van der Waals surface area contributed by atoms with Gasteiger partial charge >= 0.3 is 0 Å². The number of carbonyl (C=O) groups is 1. The molecule has 41 heavy (non-hydrogen) atoms. The van der Waals surface area contributed by atoms with Gasteiger partial charge < -0.3 is 11.5 Å². The first-order chi connectivity index (χ1) is 19.8. The fourth-order valence-electron chi connectivity index (χ4n) is 4.38. The van der Waals surface area contributed by atoms with Crippen LogP contribution >= 0.6 is 0 Å². The van der Waals surface area contributed by atoms with E-state index in [1.165, 1.54) is 4.63 Å². The van der Waals surface area contributed by atoms with Gasteiger partial charge in [0.05, 0.1) is 34.0 Å². The summed E-state index contributed by atoms with van der Waals surface area (Å²) in [7, 11) is 1.88. The largest absolute Gasteiger partial charge is 0.381 e. The predicted molar refractivity (Wildman–Crippen MR) is 157 cm³/mol. The first kappa shape index (κ1) is 26.8. The number of hydrogen-bond acceptors (Lipinski definition) is 7. The Bertz CT molecular complexity index is 2030. The molecule has 0 aliphatic heterocycles. The number of primary amides is 1. The van der Waals surface area contributed by atoms with E-state index < -0.39 is 5.91 Å². The van der Waals surface area contributed by atoms with E-state index in [1.54, 1.807) is 33.8 Å². The minimum atomic E-state index is -0.597. The Labute approximate surface area is 235 Å². The monoisotopic (exact) mass is 545 g/mol. The highest BCUT2D eigenvalue weighted by atomic mass is 16.1. The molecule has 4 aromatic heterocycles. The number of aryl methyl sites for hydroxylation is 2. The van der Waals surface area contributed by atoms with Gasteiger partial charge in [0.15, 0.2) is 5.82 Å². The molecule has 4 N–H and O–H groups in total. The van der Waals surface area contributed by atoms with Crippen LogP contribution < -0.4 is 17.0 Å². The molecule has 0 spiro atoms. The lowest BCUT2D eigenvalue weighted by atomic mass is 10.1. The maximum absolute atomic E-state index is 13.5. The van der Waals surface area contributed by atoms with Crippen molar-refractivity contribution in [2.75, 3.05) is 5.73 Å². The van der Waals surface area contributed by atoms with Gasteiger partial charge in [-0.1, -0.05) is 43.0 Å². The van der Waals surface area contributed by atoms with Gasteiger partial charge in [-0.15, -0.1) is 9.73 Å². The fourth-order valence-corrected chi connectivity index (χ4v) is 4.38. The molecule has 0 radical (unpaired) electrons. The van der Waals surface area contributed by atoms with Gasteiger partial charge in [0.2, 0.25) is 0 Å². The zero-order valence-electron chi connectivity index (χ0n) is 22.7. The highest BCUT2D eigenvalue weighted by molar-refractivity contribution is 6.04. The third-order valence-corrected chi connectivity index (χ3v) is 6.56. The van der Waals surface area contributed by atoms with E-state index >= 15 is 0 Å². The summed E-state index contributed by atoms with van der Waals surface area (Å²) in [6.45, 7) is 3.97. The smallest absolute Gasteiger partial charge is 0.267 e. The summed E-state index contributed by atoms with van der Waals surface area (Å²) in [6.07, 6.45) is 3.94. The number of nitrogens with two attached hydrogens (primary N) is 2. The minimum absolute atomic E-state index is 0.0964. The Hall–Kier alpha value is -5.76. The highest BCUT2D eigenvalue weighted by Crippen LogP contribution is 2.17. The topological polar surface area (TPSA) is 152 Å². The van der Waals surface area contributed by atoms with Crippen molar-refractivity contribution >= 4 is 28.1 Å². The SMILES string of the molecule is CCc1nc2cccc(C#Cc3cnn(C)c3C)c2c(=O)n1-c1ccccc1.NC(=O)c1c(N)nn2ncccc12. The van der Waals surface area contributed by atoms with Crippen molar-refractivity contribution in [3.05, 3.63) is 112 Å². The molecule has 6 rings (SSSR count). The molecule has 0 fully saturated rings. The highest BCUT2D eigenvalue weighted by Gasteiger charge is 2.15. The van der Waals surface area contributed by atoms with Crippen LogP contribution in [0.5, 0.6) is 0 Å². The fraction of sp³-hybridized carbons (Fsp3) is 0.133. The molecular formula is C30H27N9O2. The third-order valence-electron chi connectivity index (χ3n) is 6.56. The molecule has 0 saturated heterocycles. The Morgan fingerprint density at radius 3 is 2.41 bits per heavy atom. The summed E-state index contributed by atoms with van der Waals surface area (Å²) in [5, 5.41) is 12.4. The van der Waals surface area contributed by atoms with E-state index in [-0.39, 0.29) is 16.9 Å². The van der Waals surface area contributed by atoms with Crippen LogP contribution in [0.15, 0.2) is 77.9 Å². The van der Waals surface area contributed by atoms with Gasteiger partial charge in [-0.25, -0.2) is 4.98 Å². The van der Waals surface area contributed by atoms with Crippen molar-refractivity contribution in [2.24, 2.45) is 12.8 Å². The molecule has 0 aliphatic carbocycles. The quantitative estimate of drug-likeness (QED) is 0.324. The normalized spacial score (nSPS) is 10.6. The van der Waals surface area contributed by atoms with Crippen LogP contribution in [0.4, 0.5) is 5.82 Å². The van der Waals surface area contributed by atoms with E-state index in [0.29, 0.717) is 28.4 Å². The number of fused-ring (bicyclic) bond motifs is 2. The lowest BCUT2D eigenvalue weighted by Crippen LogP contribution is -2.24. The number of amides is 1. The molecule has 0 unspecified atom stereocenters. The second-order valence-corrected chi connectivity index (χ2v) is 9.10. The van der Waals surface area contributed by atoms with Crippen LogP contribution in [0.25, 0.3) is 22.1 Å². The van der Waals surface area contributed by atoms with Crippen LogP contribution in [-0.4, -0.2) is 40.1 Å². The molecule has 11 nitrogen and oxygen atoms in total. The number of carbonyl (C=O) groups excluding carboxylic acids is 1. The second kappa shape index (κ2) is 11.2. The Morgan fingerprint density at radius 2 is 1.73 bits per heavy atom. The number of nitrogens with zero attached hydrogens (tertiary/aromatic N) is 7. The molecule has 0 aliphatic rings. The van der Waals surface area contributed by atoms with E-state index in [4.69, 9.17) is 16.5 Å². The average Bonchev–Trinajstić information content (AvgIpc) is 3.49. The zero-order chi connectivity index (χ0) is 29.1. The van der Waals surface area contributed by atoms with Crippen molar-refractivity contribution in [1.82, 2.24) is 34.2 Å². The molecule has 0 atom stereocenters. The molecule has 204 valence electrons. The third kappa shape index (κ3) is 5.14. The second-order valence-electron chi connectivity index (χ2n) is 9.10. The predicted octanol–water partition coefficient (Wildman–Crippen LogP) is 2.80. The molecule has 2 aromatic carbocycles. The minimum Gasteiger partial charge on any atom is -0.381 e. The summed E-state index contributed by atoms with van der Waals surface area (Å²) in [5.41, 5.74) is 15.2. The van der Waals surface area contributed by atoms with Gasteiger partial charge in [0.1, 0.15) is 16.9 Å². The summed E-state index contributed by atoms with van der Waals surface area (Å²) >= 11 is 0. The van der Waals surface area contributed by atoms with Crippen molar-refractivity contribution < 1.29 is 4.79 Å². The van der Waals surface area contributed by atoms with E-state index in [2.05, 4.69) is 27.1 Å². The number of hydrogen-bond donors (Lipinski definition) is 2. The number of para-hydroxylation sites is 1. The summed E-state index contributed by atoms with van der Waals surface area (Å²) in [6, 6.07) is 18.6. The maximum atomic E-state index is 13.5. The number of aromatic nitrogens is 7. The van der Waals surface area contributed by atoms with Crippen molar-refractivity contribution in [3.63, 3.8) is 0 Å². The van der Waals surface area contributed by atoms with Gasteiger partial charge in [-0.2, -0.15) is 10.2 Å². The van der Waals surface area contributed by atoms with E-state index in [1.807, 2.05) is 69.4 Å². The number of anilines is 1. The Balaban J connectivity index is 0.000000216. The summed E-state index contributed by atoms with van der Waals surface area (Å²) < 4.78 is 4.74. The summed E-state index contributed by atoms with van der Waals surface area (Å²) in [4.78, 5) is 29.2. The number of benzene rings is 2. The number of rotatable bonds is 3. The Kier molecular flexibility index (Phi) is 7.30. The molecule has 0 bridgehead atoms. The standard InChI is InChI=1S/C23H20N4O.C7H7N5O/c1-4-21-25-20-12-8-9-17(13-14-18-15-24-26(3)16(18)2)22(20)23(28)27(21)19-10-6-5-7-11-19;8-6-5(7(9)13)4-2-1-3-10-12(4)11-6/h5-12,15H,4H2,1-3H3;1-3H,(H2,8,11)(H2,9,13). The maximum Gasteiger partial charge on any atom is 0.267 e. The van der Waals surface area contributed by atoms with Crippen molar-refractivity contribution in [1.29, 1.82) is 0 Å². The van der Waals surface area contributed by atoms with Crippen LogP contribution in [0, 0.1) is 18.8 Å². The molecule has 0 saturated carbocycles. The average molecular weight is 546 g/mol. The first-order valence-electron chi connectivity index (χ1n) is 12.8. The molecule has 11 heteroatoms. The molecule has 4 heterocycles. The van der Waals surface area contributed by atoms with Gasteiger partial charge in [-0.3, -0.25) is 18.8 Å². The van der Waals surface area contributed by atoms with Gasteiger partial charge in [-0.05, 0) is 43.3 Å². The van der Waals surface area contributed by atoms with Crippen LogP contribution in [0.2, 0.25) is 0 Å². The van der Waals surface area contributed by atoms with Gasteiger partial charge in [0, 0.05) is 25.2 Å². The first-order valence-corrected chi connectivity index (χ1v) is 12.8. The van der Waals surface area contributed by atoms with Crippen molar-refractivity contribution in [2.45, 2.75) is 20.3 Å². The van der Waals surface area contributed by atoms with E-state index in [9.17, 15) is 9.59 Å². The molecule has 6 aromatic rings. The van der Waals surface area contributed by atoms with Gasteiger partial charge in [0.25, 0.3) is 11.5 Å². The number of nitrogen functional groups attached to an aromatic ring is 1. The lowest BCUT2D eigenvalue weighted by molar-refractivity contribution is 0.100. The van der Waals surface area contributed by atoms with Crippen molar-refractivity contribution in [3.8, 4) is 17.5 Å². The van der Waals surface area contributed by atoms with Crippen LogP contribution in [0.3, 0.4) is 0 Å².